The van der Waals surface area contributed by atoms with Gasteiger partial charge >= 0.3 is 0 Å². The zero-order chi connectivity index (χ0) is 13.8. The Hall–Kier alpha value is -2.31. The first-order chi connectivity index (χ1) is 9.11. The molecule has 2 aromatic rings. The molecule has 0 aliphatic heterocycles. The van der Waals surface area contributed by atoms with Gasteiger partial charge in [-0.3, -0.25) is 5.10 Å². The lowest BCUT2D eigenvalue weighted by Gasteiger charge is -2.18. The number of hydrogen-bond donors (Lipinski definition) is 2. The molecule has 0 saturated heterocycles. The van der Waals surface area contributed by atoms with E-state index in [9.17, 15) is 0 Å². The molecule has 0 saturated carbocycles. The molecule has 2 N–H and O–H groups in total. The third kappa shape index (κ3) is 2.93. The van der Waals surface area contributed by atoms with E-state index >= 15 is 0 Å². The Balaban J connectivity index is 2.35. The Bertz CT molecular complexity index is 551. The van der Waals surface area contributed by atoms with Gasteiger partial charge in [0.25, 0.3) is 0 Å². The highest BCUT2D eigenvalue weighted by atomic mass is 16.5. The molecular weight excluding hydrogens is 244 g/mol. The minimum Gasteiger partial charge on any atom is -0.487 e. The highest BCUT2D eigenvalue weighted by Crippen LogP contribution is 2.32. The summed E-state index contributed by atoms with van der Waals surface area (Å²) < 4.78 is 5.64. The Labute approximate surface area is 112 Å². The van der Waals surface area contributed by atoms with Crippen LogP contribution < -0.4 is 15.0 Å². The Morgan fingerprint density at radius 3 is 2.74 bits per heavy atom. The van der Waals surface area contributed by atoms with Crippen LogP contribution in [0.5, 0.6) is 5.75 Å². The van der Waals surface area contributed by atoms with Crippen molar-refractivity contribution in [2.75, 3.05) is 30.9 Å². The second kappa shape index (κ2) is 5.55. The standard InChI is InChI=1S/C12H18N6O/c1-5-19-10-11(13-7-14-12(10)18(3)4)15-9-6-8(2)16-17-9/h6-7H,5H2,1-4H3,(H2,13,14,15,16,17). The van der Waals surface area contributed by atoms with Crippen molar-refractivity contribution in [3.8, 4) is 5.75 Å². The number of anilines is 3. The van der Waals surface area contributed by atoms with Gasteiger partial charge in [0.15, 0.2) is 17.5 Å². The summed E-state index contributed by atoms with van der Waals surface area (Å²) in [7, 11) is 3.82. The monoisotopic (exact) mass is 262 g/mol. The summed E-state index contributed by atoms with van der Waals surface area (Å²) in [6.45, 7) is 4.41. The first-order valence-corrected chi connectivity index (χ1v) is 6.06. The van der Waals surface area contributed by atoms with Crippen LogP contribution in [0.1, 0.15) is 12.6 Å². The van der Waals surface area contributed by atoms with Crippen molar-refractivity contribution >= 4 is 17.5 Å². The molecule has 19 heavy (non-hydrogen) atoms. The fraction of sp³-hybridized carbons (Fsp3) is 0.417. The lowest BCUT2D eigenvalue weighted by atomic mass is 10.4. The van der Waals surface area contributed by atoms with Gasteiger partial charge in [-0.2, -0.15) is 5.10 Å². The molecule has 0 aliphatic rings. The molecule has 7 nitrogen and oxygen atoms in total. The molecule has 0 fully saturated rings. The van der Waals surface area contributed by atoms with Crippen LogP contribution in [0.15, 0.2) is 12.4 Å². The average molecular weight is 262 g/mol. The van der Waals surface area contributed by atoms with E-state index in [1.165, 1.54) is 6.33 Å². The van der Waals surface area contributed by atoms with Crippen LogP contribution in [0.3, 0.4) is 0 Å². The maximum absolute atomic E-state index is 5.64. The van der Waals surface area contributed by atoms with Crippen molar-refractivity contribution in [3.05, 3.63) is 18.1 Å². The van der Waals surface area contributed by atoms with Gasteiger partial charge in [0, 0.05) is 25.9 Å². The molecule has 0 unspecified atom stereocenters. The molecule has 0 atom stereocenters. The van der Waals surface area contributed by atoms with Gasteiger partial charge in [-0.05, 0) is 13.8 Å². The van der Waals surface area contributed by atoms with E-state index in [-0.39, 0.29) is 0 Å². The third-order valence-corrected chi connectivity index (χ3v) is 2.45. The molecule has 0 spiro atoms. The molecule has 2 rings (SSSR count). The fourth-order valence-corrected chi connectivity index (χ4v) is 1.65. The van der Waals surface area contributed by atoms with Crippen LogP contribution in [0.4, 0.5) is 17.5 Å². The smallest absolute Gasteiger partial charge is 0.204 e. The van der Waals surface area contributed by atoms with E-state index in [1.54, 1.807) is 0 Å². The fourth-order valence-electron chi connectivity index (χ4n) is 1.65. The summed E-state index contributed by atoms with van der Waals surface area (Å²) in [5.41, 5.74) is 0.974. The number of ether oxygens (including phenoxy) is 1. The molecular formula is C12H18N6O. The minimum atomic E-state index is 0.544. The van der Waals surface area contributed by atoms with Crippen LogP contribution in [0.25, 0.3) is 0 Å². The van der Waals surface area contributed by atoms with Crippen LogP contribution in [-0.2, 0) is 0 Å². The summed E-state index contributed by atoms with van der Waals surface area (Å²) in [6, 6.07) is 1.90. The topological polar surface area (TPSA) is 79.0 Å². The SMILES string of the molecule is CCOc1c(Nc2cc(C)[nH]n2)ncnc1N(C)C. The van der Waals surface area contributed by atoms with Gasteiger partial charge in [0.05, 0.1) is 6.61 Å². The second-order valence-electron chi connectivity index (χ2n) is 4.26. The number of aromatic amines is 1. The molecule has 0 radical (unpaired) electrons. The van der Waals surface area contributed by atoms with Crippen molar-refractivity contribution in [1.29, 1.82) is 0 Å². The Morgan fingerprint density at radius 2 is 2.16 bits per heavy atom. The first-order valence-electron chi connectivity index (χ1n) is 6.06. The molecule has 7 heteroatoms. The maximum atomic E-state index is 5.64. The quantitative estimate of drug-likeness (QED) is 0.854. The number of aromatic nitrogens is 4. The van der Waals surface area contributed by atoms with Crippen molar-refractivity contribution < 1.29 is 4.74 Å². The molecule has 0 aromatic carbocycles. The van der Waals surface area contributed by atoms with E-state index in [4.69, 9.17) is 4.74 Å². The van der Waals surface area contributed by atoms with Crippen molar-refractivity contribution in [1.82, 2.24) is 20.2 Å². The lowest BCUT2D eigenvalue weighted by molar-refractivity contribution is 0.340. The number of hydrogen-bond acceptors (Lipinski definition) is 6. The number of H-pyrrole nitrogens is 1. The number of aryl methyl sites for hydroxylation is 1. The van der Waals surface area contributed by atoms with Gasteiger partial charge in [-0.15, -0.1) is 0 Å². The molecule has 0 amide bonds. The van der Waals surface area contributed by atoms with Gasteiger partial charge in [0.1, 0.15) is 6.33 Å². The van der Waals surface area contributed by atoms with Crippen molar-refractivity contribution in [2.24, 2.45) is 0 Å². The van der Waals surface area contributed by atoms with Gasteiger partial charge in [-0.25, -0.2) is 9.97 Å². The van der Waals surface area contributed by atoms with Crippen LogP contribution in [0, 0.1) is 6.92 Å². The average Bonchev–Trinajstić information content (AvgIpc) is 2.77. The molecule has 0 aliphatic carbocycles. The van der Waals surface area contributed by atoms with E-state index in [0.717, 1.165) is 11.5 Å². The molecule has 0 bridgehead atoms. The molecule has 2 heterocycles. The van der Waals surface area contributed by atoms with E-state index in [0.29, 0.717) is 24.0 Å². The Morgan fingerprint density at radius 1 is 1.37 bits per heavy atom. The predicted octanol–water partition coefficient (Wildman–Crippen LogP) is 1.72. The Kier molecular flexibility index (Phi) is 3.84. The zero-order valence-electron chi connectivity index (χ0n) is 11.6. The molecule has 102 valence electrons. The van der Waals surface area contributed by atoms with Crippen LogP contribution in [-0.4, -0.2) is 40.9 Å². The maximum Gasteiger partial charge on any atom is 0.204 e. The highest BCUT2D eigenvalue weighted by Gasteiger charge is 2.15. The number of rotatable bonds is 5. The van der Waals surface area contributed by atoms with Gasteiger partial charge in [-0.1, -0.05) is 0 Å². The summed E-state index contributed by atoms with van der Waals surface area (Å²) in [6.07, 6.45) is 1.50. The summed E-state index contributed by atoms with van der Waals surface area (Å²) in [5, 5.41) is 10.1. The number of nitrogens with one attached hydrogen (secondary N) is 2. The molecule has 2 aromatic heterocycles. The van der Waals surface area contributed by atoms with E-state index < -0.39 is 0 Å². The summed E-state index contributed by atoms with van der Waals surface area (Å²) in [4.78, 5) is 10.3. The normalized spacial score (nSPS) is 10.3. The summed E-state index contributed by atoms with van der Waals surface area (Å²) >= 11 is 0. The highest BCUT2D eigenvalue weighted by molar-refractivity contribution is 5.68. The zero-order valence-corrected chi connectivity index (χ0v) is 11.6. The summed E-state index contributed by atoms with van der Waals surface area (Å²) in [5.74, 6) is 2.65. The van der Waals surface area contributed by atoms with Crippen molar-refractivity contribution in [3.63, 3.8) is 0 Å². The van der Waals surface area contributed by atoms with Crippen LogP contribution in [0.2, 0.25) is 0 Å². The van der Waals surface area contributed by atoms with Gasteiger partial charge < -0.3 is 15.0 Å². The third-order valence-electron chi connectivity index (χ3n) is 2.45. The van der Waals surface area contributed by atoms with Crippen LogP contribution >= 0.6 is 0 Å². The predicted molar refractivity (Wildman–Crippen MR) is 74.1 cm³/mol. The minimum absolute atomic E-state index is 0.544. The first kappa shape index (κ1) is 13.1. The largest absolute Gasteiger partial charge is 0.487 e. The second-order valence-corrected chi connectivity index (χ2v) is 4.26. The van der Waals surface area contributed by atoms with E-state index in [2.05, 4.69) is 25.5 Å². The van der Waals surface area contributed by atoms with Gasteiger partial charge in [0.2, 0.25) is 5.75 Å². The van der Waals surface area contributed by atoms with E-state index in [1.807, 2.05) is 38.9 Å². The number of nitrogens with zero attached hydrogens (tertiary/aromatic N) is 4. The lowest BCUT2D eigenvalue weighted by Crippen LogP contribution is -2.14. The van der Waals surface area contributed by atoms with Crippen molar-refractivity contribution in [2.45, 2.75) is 13.8 Å².